The predicted octanol–water partition coefficient (Wildman–Crippen LogP) is 1.50. The van der Waals surface area contributed by atoms with Gasteiger partial charge in [0.15, 0.2) is 0 Å². The fraction of sp³-hybridized carbons (Fsp3) is 0.273. The van der Waals surface area contributed by atoms with E-state index in [0.717, 1.165) is 5.56 Å². The first-order valence-corrected chi connectivity index (χ1v) is 4.73. The number of carbonyl (C=O) groups excluding carboxylic acids is 2. The van der Waals surface area contributed by atoms with Gasteiger partial charge in [-0.2, -0.15) is 0 Å². The number of benzene rings is 1. The van der Waals surface area contributed by atoms with Crippen molar-refractivity contribution in [1.82, 2.24) is 5.32 Å². The minimum absolute atomic E-state index is 0.180. The summed E-state index contributed by atoms with van der Waals surface area (Å²) in [5.74, 6) is -0.361. The summed E-state index contributed by atoms with van der Waals surface area (Å²) in [7, 11) is 0. The number of alkyl carbamates (subject to hydrolysis) is 1. The highest BCUT2D eigenvalue weighted by Gasteiger charge is 2.08. The maximum absolute atomic E-state index is 11.3. The third-order valence-corrected chi connectivity index (χ3v) is 1.72. The molecule has 0 fully saturated rings. The van der Waals surface area contributed by atoms with Gasteiger partial charge in [0.25, 0.3) is 0 Å². The Morgan fingerprint density at radius 1 is 1.27 bits per heavy atom. The van der Waals surface area contributed by atoms with Crippen LogP contribution in [0.5, 0.6) is 0 Å². The molecule has 1 aromatic carbocycles. The van der Waals surface area contributed by atoms with Crippen LogP contribution in [0.1, 0.15) is 12.5 Å². The molecule has 0 aromatic heterocycles. The molecule has 15 heavy (non-hydrogen) atoms. The Balaban J connectivity index is 2.40. The van der Waals surface area contributed by atoms with Crippen LogP contribution in [0.15, 0.2) is 30.3 Å². The Hall–Kier alpha value is -1.84. The third-order valence-electron chi connectivity index (χ3n) is 1.72. The Bertz CT molecular complexity index is 335. The lowest BCUT2D eigenvalue weighted by molar-refractivity contribution is -0.119. The molecule has 2 amide bonds. The van der Waals surface area contributed by atoms with Crippen LogP contribution in [0.25, 0.3) is 0 Å². The molecule has 0 unspecified atom stereocenters. The number of hydrogen-bond acceptors (Lipinski definition) is 3. The van der Waals surface area contributed by atoms with E-state index in [1.807, 2.05) is 30.3 Å². The standard InChI is InChI=1S/C11H13NO3/c1-2-15-11(14)12-10(13)8-9-6-4-3-5-7-9/h3-7H,2,8H2,1H3,(H,12,13,14). The van der Waals surface area contributed by atoms with Gasteiger partial charge in [0.05, 0.1) is 13.0 Å². The molecule has 0 bridgehead atoms. The summed E-state index contributed by atoms with van der Waals surface area (Å²) in [5, 5.41) is 2.13. The van der Waals surface area contributed by atoms with E-state index in [0.29, 0.717) is 0 Å². The normalized spacial score (nSPS) is 9.40. The highest BCUT2D eigenvalue weighted by molar-refractivity contribution is 5.92. The maximum Gasteiger partial charge on any atom is 0.413 e. The van der Waals surface area contributed by atoms with Crippen LogP contribution in [0.3, 0.4) is 0 Å². The van der Waals surface area contributed by atoms with Crippen molar-refractivity contribution in [1.29, 1.82) is 0 Å². The monoisotopic (exact) mass is 207 g/mol. The van der Waals surface area contributed by atoms with E-state index >= 15 is 0 Å². The number of ether oxygens (including phenoxy) is 1. The van der Waals surface area contributed by atoms with Gasteiger partial charge in [0, 0.05) is 0 Å². The van der Waals surface area contributed by atoms with Gasteiger partial charge in [-0.05, 0) is 12.5 Å². The Labute approximate surface area is 88.2 Å². The van der Waals surface area contributed by atoms with Crippen LogP contribution < -0.4 is 5.32 Å². The molecule has 0 saturated carbocycles. The zero-order valence-corrected chi connectivity index (χ0v) is 8.53. The van der Waals surface area contributed by atoms with Crippen LogP contribution in [0.4, 0.5) is 4.79 Å². The fourth-order valence-corrected chi connectivity index (χ4v) is 1.11. The third kappa shape index (κ3) is 4.26. The second-order valence-corrected chi connectivity index (χ2v) is 2.93. The average Bonchev–Trinajstić information content (AvgIpc) is 2.19. The summed E-state index contributed by atoms with van der Waals surface area (Å²) >= 11 is 0. The molecule has 4 heteroatoms. The number of amides is 2. The van der Waals surface area contributed by atoms with E-state index in [1.54, 1.807) is 6.92 Å². The minimum atomic E-state index is -0.696. The van der Waals surface area contributed by atoms with Crippen molar-refractivity contribution in [2.75, 3.05) is 6.61 Å². The van der Waals surface area contributed by atoms with Crippen LogP contribution in [-0.4, -0.2) is 18.6 Å². The van der Waals surface area contributed by atoms with Crippen molar-refractivity contribution in [3.8, 4) is 0 Å². The van der Waals surface area contributed by atoms with E-state index in [2.05, 4.69) is 10.1 Å². The van der Waals surface area contributed by atoms with Crippen LogP contribution in [0.2, 0.25) is 0 Å². The first kappa shape index (κ1) is 11.2. The number of hydrogen-bond donors (Lipinski definition) is 1. The first-order valence-electron chi connectivity index (χ1n) is 4.73. The molecule has 80 valence electrons. The smallest absolute Gasteiger partial charge is 0.413 e. The van der Waals surface area contributed by atoms with E-state index in [4.69, 9.17) is 0 Å². The van der Waals surface area contributed by atoms with E-state index < -0.39 is 6.09 Å². The quantitative estimate of drug-likeness (QED) is 0.817. The number of imide groups is 1. The Morgan fingerprint density at radius 3 is 2.53 bits per heavy atom. The van der Waals surface area contributed by atoms with Gasteiger partial charge < -0.3 is 4.74 Å². The van der Waals surface area contributed by atoms with Crippen molar-refractivity contribution in [2.24, 2.45) is 0 Å². The van der Waals surface area contributed by atoms with Gasteiger partial charge in [-0.3, -0.25) is 10.1 Å². The Kier molecular flexibility index (Phi) is 4.34. The number of carbonyl (C=O) groups is 2. The molecule has 4 nitrogen and oxygen atoms in total. The molecule has 0 radical (unpaired) electrons. The first-order chi connectivity index (χ1) is 7.22. The summed E-state index contributed by atoms with van der Waals surface area (Å²) in [4.78, 5) is 22.2. The fourth-order valence-electron chi connectivity index (χ4n) is 1.11. The molecule has 0 aliphatic heterocycles. The van der Waals surface area contributed by atoms with Crippen molar-refractivity contribution in [3.05, 3.63) is 35.9 Å². The molecular formula is C11H13NO3. The lowest BCUT2D eigenvalue weighted by atomic mass is 10.1. The van der Waals surface area contributed by atoms with E-state index in [-0.39, 0.29) is 18.9 Å². The minimum Gasteiger partial charge on any atom is -0.450 e. The second-order valence-electron chi connectivity index (χ2n) is 2.93. The van der Waals surface area contributed by atoms with Gasteiger partial charge in [-0.25, -0.2) is 4.79 Å². The summed E-state index contributed by atoms with van der Waals surface area (Å²) in [5.41, 5.74) is 0.860. The largest absolute Gasteiger partial charge is 0.450 e. The van der Waals surface area contributed by atoms with Crippen molar-refractivity contribution < 1.29 is 14.3 Å². The molecule has 1 rings (SSSR count). The van der Waals surface area contributed by atoms with Gasteiger partial charge in [-0.15, -0.1) is 0 Å². The van der Waals surface area contributed by atoms with Crippen LogP contribution >= 0.6 is 0 Å². The van der Waals surface area contributed by atoms with Crippen LogP contribution in [-0.2, 0) is 16.0 Å². The second kappa shape index (κ2) is 5.80. The number of nitrogens with one attached hydrogen (secondary N) is 1. The van der Waals surface area contributed by atoms with Crippen molar-refractivity contribution in [2.45, 2.75) is 13.3 Å². The molecule has 0 aliphatic carbocycles. The molecule has 1 aromatic rings. The zero-order chi connectivity index (χ0) is 11.1. The van der Waals surface area contributed by atoms with Gasteiger partial charge in [0.2, 0.25) is 5.91 Å². The van der Waals surface area contributed by atoms with E-state index in [9.17, 15) is 9.59 Å². The summed E-state index contributed by atoms with van der Waals surface area (Å²) in [6.45, 7) is 1.94. The number of rotatable bonds is 3. The molecule has 0 atom stereocenters. The van der Waals surface area contributed by atoms with Crippen LogP contribution in [0, 0.1) is 0 Å². The van der Waals surface area contributed by atoms with Crippen molar-refractivity contribution in [3.63, 3.8) is 0 Å². The van der Waals surface area contributed by atoms with Crippen molar-refractivity contribution >= 4 is 12.0 Å². The molecule has 1 N–H and O–H groups in total. The molecule has 0 heterocycles. The SMILES string of the molecule is CCOC(=O)NC(=O)Cc1ccccc1. The predicted molar refractivity (Wildman–Crippen MR) is 55.3 cm³/mol. The lowest BCUT2D eigenvalue weighted by Gasteiger charge is -2.03. The average molecular weight is 207 g/mol. The zero-order valence-electron chi connectivity index (χ0n) is 8.53. The van der Waals surface area contributed by atoms with Gasteiger partial charge in [0.1, 0.15) is 0 Å². The molecular weight excluding hydrogens is 194 g/mol. The topological polar surface area (TPSA) is 55.4 Å². The van der Waals surface area contributed by atoms with Gasteiger partial charge in [-0.1, -0.05) is 30.3 Å². The molecule has 0 saturated heterocycles. The Morgan fingerprint density at radius 2 is 1.93 bits per heavy atom. The lowest BCUT2D eigenvalue weighted by Crippen LogP contribution is -2.32. The summed E-state index contributed by atoms with van der Waals surface area (Å²) in [6.07, 6.45) is -0.516. The summed E-state index contributed by atoms with van der Waals surface area (Å²) < 4.78 is 4.58. The molecule has 0 aliphatic rings. The maximum atomic E-state index is 11.3. The highest BCUT2D eigenvalue weighted by Crippen LogP contribution is 1.99. The highest BCUT2D eigenvalue weighted by atomic mass is 16.5. The van der Waals surface area contributed by atoms with E-state index in [1.165, 1.54) is 0 Å². The summed E-state index contributed by atoms with van der Waals surface area (Å²) in [6, 6.07) is 9.20. The molecule has 0 spiro atoms. The van der Waals surface area contributed by atoms with Gasteiger partial charge >= 0.3 is 6.09 Å².